The lowest BCUT2D eigenvalue weighted by Gasteiger charge is -2.33. The van der Waals surface area contributed by atoms with Crippen LogP contribution in [0, 0.1) is 5.92 Å². The largest absolute Gasteiger partial charge is 0.396 e. The third-order valence-electron chi connectivity index (χ3n) is 3.99. The van der Waals surface area contributed by atoms with E-state index in [-0.39, 0.29) is 6.29 Å². The lowest BCUT2D eigenvalue weighted by atomic mass is 9.95. The number of aliphatic hydroxyl groups is 1. The first kappa shape index (κ1) is 14.3. The van der Waals surface area contributed by atoms with Crippen LogP contribution in [-0.4, -0.2) is 55.8 Å². The predicted octanol–water partition coefficient (Wildman–Crippen LogP) is 1.62. The van der Waals surface area contributed by atoms with Gasteiger partial charge in [0, 0.05) is 26.3 Å². The summed E-state index contributed by atoms with van der Waals surface area (Å²) in [6.07, 6.45) is 6.96. The molecule has 0 aromatic rings. The number of hydrogen-bond donors (Lipinski definition) is 1. The van der Waals surface area contributed by atoms with Crippen molar-refractivity contribution in [1.82, 2.24) is 4.90 Å². The molecule has 2 saturated heterocycles. The van der Waals surface area contributed by atoms with E-state index >= 15 is 0 Å². The van der Waals surface area contributed by atoms with Crippen molar-refractivity contribution in [3.05, 3.63) is 0 Å². The van der Waals surface area contributed by atoms with Crippen molar-refractivity contribution in [2.75, 3.05) is 39.5 Å². The second-order valence-corrected chi connectivity index (χ2v) is 5.49. The van der Waals surface area contributed by atoms with Crippen molar-refractivity contribution >= 4 is 0 Å². The summed E-state index contributed by atoms with van der Waals surface area (Å²) in [4.78, 5) is 2.46. The normalized spacial score (nSPS) is 30.5. The average Bonchev–Trinajstić information content (AvgIpc) is 2.41. The maximum Gasteiger partial charge on any atom is 0.157 e. The molecule has 4 nitrogen and oxygen atoms in total. The van der Waals surface area contributed by atoms with Gasteiger partial charge in [0.25, 0.3) is 0 Å². The Kier molecular flexibility index (Phi) is 6.41. The first-order valence-corrected chi connectivity index (χ1v) is 7.45. The van der Waals surface area contributed by atoms with E-state index in [0.717, 1.165) is 39.1 Å². The van der Waals surface area contributed by atoms with Crippen LogP contribution in [0.2, 0.25) is 0 Å². The van der Waals surface area contributed by atoms with Gasteiger partial charge in [-0.05, 0) is 51.0 Å². The highest BCUT2D eigenvalue weighted by molar-refractivity contribution is 4.72. The van der Waals surface area contributed by atoms with Crippen molar-refractivity contribution in [2.45, 2.75) is 44.8 Å². The molecule has 2 unspecified atom stereocenters. The third-order valence-corrected chi connectivity index (χ3v) is 3.99. The SMILES string of the molecule is OCCC1CCCN(CCOC2CCCCO2)C1. The summed E-state index contributed by atoms with van der Waals surface area (Å²) >= 11 is 0. The van der Waals surface area contributed by atoms with Gasteiger partial charge in [0.2, 0.25) is 0 Å². The van der Waals surface area contributed by atoms with Gasteiger partial charge in [-0.15, -0.1) is 0 Å². The van der Waals surface area contributed by atoms with E-state index in [1.54, 1.807) is 0 Å². The highest BCUT2D eigenvalue weighted by atomic mass is 16.7. The molecule has 0 spiro atoms. The molecule has 2 atom stereocenters. The molecule has 18 heavy (non-hydrogen) atoms. The highest BCUT2D eigenvalue weighted by Gasteiger charge is 2.20. The van der Waals surface area contributed by atoms with Gasteiger partial charge < -0.3 is 19.5 Å². The molecule has 2 rings (SSSR count). The Bertz CT molecular complexity index is 217. The van der Waals surface area contributed by atoms with Crippen LogP contribution < -0.4 is 0 Å². The second kappa shape index (κ2) is 8.10. The summed E-state index contributed by atoms with van der Waals surface area (Å²) in [6.45, 7) is 5.25. The van der Waals surface area contributed by atoms with E-state index in [9.17, 15) is 0 Å². The van der Waals surface area contributed by atoms with Crippen molar-refractivity contribution < 1.29 is 14.6 Å². The lowest BCUT2D eigenvalue weighted by Crippen LogP contribution is -2.38. The van der Waals surface area contributed by atoms with Crippen LogP contribution in [0.3, 0.4) is 0 Å². The predicted molar refractivity (Wildman–Crippen MR) is 70.4 cm³/mol. The molecule has 0 aromatic carbocycles. The lowest BCUT2D eigenvalue weighted by molar-refractivity contribution is -0.164. The molecule has 0 aliphatic carbocycles. The summed E-state index contributed by atoms with van der Waals surface area (Å²) < 4.78 is 11.3. The van der Waals surface area contributed by atoms with E-state index < -0.39 is 0 Å². The number of piperidine rings is 1. The van der Waals surface area contributed by atoms with Crippen LogP contribution in [0.5, 0.6) is 0 Å². The first-order chi connectivity index (χ1) is 8.88. The fourth-order valence-electron chi connectivity index (χ4n) is 2.93. The Balaban J connectivity index is 1.57. The molecule has 0 amide bonds. The molecule has 2 aliphatic heterocycles. The maximum absolute atomic E-state index is 8.99. The average molecular weight is 257 g/mol. The van der Waals surface area contributed by atoms with Crippen molar-refractivity contribution in [1.29, 1.82) is 0 Å². The number of nitrogens with zero attached hydrogens (tertiary/aromatic N) is 1. The topological polar surface area (TPSA) is 41.9 Å². The van der Waals surface area contributed by atoms with Gasteiger partial charge in [0.1, 0.15) is 0 Å². The number of hydrogen-bond acceptors (Lipinski definition) is 4. The molecule has 106 valence electrons. The number of aliphatic hydroxyl groups excluding tert-OH is 1. The van der Waals surface area contributed by atoms with E-state index in [1.165, 1.54) is 32.2 Å². The minimum atomic E-state index is 0.0387. The van der Waals surface area contributed by atoms with E-state index in [4.69, 9.17) is 14.6 Å². The summed E-state index contributed by atoms with van der Waals surface area (Å²) in [6, 6.07) is 0. The Hall–Kier alpha value is -0.160. The first-order valence-electron chi connectivity index (χ1n) is 7.45. The zero-order valence-electron chi connectivity index (χ0n) is 11.4. The smallest absolute Gasteiger partial charge is 0.157 e. The molecule has 0 radical (unpaired) electrons. The number of likely N-dealkylation sites (tertiary alicyclic amines) is 1. The Morgan fingerprint density at radius 1 is 1.22 bits per heavy atom. The van der Waals surface area contributed by atoms with Crippen LogP contribution in [-0.2, 0) is 9.47 Å². The van der Waals surface area contributed by atoms with Gasteiger partial charge in [-0.25, -0.2) is 0 Å². The van der Waals surface area contributed by atoms with E-state index in [0.29, 0.717) is 12.5 Å². The van der Waals surface area contributed by atoms with Crippen LogP contribution in [0.25, 0.3) is 0 Å². The molecule has 0 saturated carbocycles. The fraction of sp³-hybridized carbons (Fsp3) is 1.00. The van der Waals surface area contributed by atoms with Crippen LogP contribution >= 0.6 is 0 Å². The molecule has 1 N–H and O–H groups in total. The van der Waals surface area contributed by atoms with Crippen LogP contribution in [0.1, 0.15) is 38.5 Å². The molecule has 0 bridgehead atoms. The molecule has 0 aromatic heterocycles. The monoisotopic (exact) mass is 257 g/mol. The quantitative estimate of drug-likeness (QED) is 0.785. The fourth-order valence-corrected chi connectivity index (χ4v) is 2.93. The molecule has 2 fully saturated rings. The standard InChI is InChI=1S/C14H27NO3/c16-9-6-13-4-3-7-15(12-13)8-11-18-14-5-1-2-10-17-14/h13-14,16H,1-12H2. The van der Waals surface area contributed by atoms with Gasteiger partial charge in [0.05, 0.1) is 6.61 Å². The summed E-state index contributed by atoms with van der Waals surface area (Å²) in [5.74, 6) is 0.676. The Morgan fingerprint density at radius 3 is 2.94 bits per heavy atom. The van der Waals surface area contributed by atoms with Gasteiger partial charge >= 0.3 is 0 Å². The van der Waals surface area contributed by atoms with Gasteiger partial charge in [0.15, 0.2) is 6.29 Å². The van der Waals surface area contributed by atoms with E-state index in [2.05, 4.69) is 4.90 Å². The number of rotatable bonds is 6. The molecular weight excluding hydrogens is 230 g/mol. The minimum Gasteiger partial charge on any atom is -0.396 e. The van der Waals surface area contributed by atoms with Gasteiger partial charge in [-0.3, -0.25) is 0 Å². The zero-order chi connectivity index (χ0) is 12.6. The zero-order valence-corrected chi connectivity index (χ0v) is 11.4. The molecular formula is C14H27NO3. The van der Waals surface area contributed by atoms with Crippen LogP contribution in [0.4, 0.5) is 0 Å². The van der Waals surface area contributed by atoms with Gasteiger partial charge in [-0.1, -0.05) is 0 Å². The second-order valence-electron chi connectivity index (χ2n) is 5.49. The Morgan fingerprint density at radius 2 is 2.17 bits per heavy atom. The van der Waals surface area contributed by atoms with Gasteiger partial charge in [-0.2, -0.15) is 0 Å². The minimum absolute atomic E-state index is 0.0387. The summed E-state index contributed by atoms with van der Waals surface area (Å²) in [5, 5.41) is 8.99. The molecule has 4 heteroatoms. The van der Waals surface area contributed by atoms with Crippen LogP contribution in [0.15, 0.2) is 0 Å². The molecule has 2 aliphatic rings. The highest BCUT2D eigenvalue weighted by Crippen LogP contribution is 2.19. The van der Waals surface area contributed by atoms with Crippen molar-refractivity contribution in [2.24, 2.45) is 5.92 Å². The van der Waals surface area contributed by atoms with Crippen molar-refractivity contribution in [3.8, 4) is 0 Å². The molecule has 2 heterocycles. The summed E-state index contributed by atoms with van der Waals surface area (Å²) in [5.41, 5.74) is 0. The van der Waals surface area contributed by atoms with Crippen molar-refractivity contribution in [3.63, 3.8) is 0 Å². The maximum atomic E-state index is 8.99. The number of ether oxygens (including phenoxy) is 2. The Labute approximate surface area is 110 Å². The third kappa shape index (κ3) is 4.84. The summed E-state index contributed by atoms with van der Waals surface area (Å²) in [7, 11) is 0. The van der Waals surface area contributed by atoms with E-state index in [1.807, 2.05) is 0 Å².